The molecule has 0 saturated heterocycles. The molecule has 1 N–H and O–H groups in total. The maximum absolute atomic E-state index is 12.6. The lowest BCUT2D eigenvalue weighted by Gasteiger charge is -2.09. The van der Waals surface area contributed by atoms with E-state index in [9.17, 15) is 10.1 Å². The van der Waals surface area contributed by atoms with E-state index in [-0.39, 0.29) is 5.57 Å². The van der Waals surface area contributed by atoms with Crippen LogP contribution in [0.3, 0.4) is 0 Å². The van der Waals surface area contributed by atoms with Gasteiger partial charge in [0.25, 0.3) is 5.91 Å². The van der Waals surface area contributed by atoms with E-state index in [1.54, 1.807) is 12.1 Å². The average Bonchev–Trinajstić information content (AvgIpc) is 2.72. The highest BCUT2D eigenvalue weighted by molar-refractivity contribution is 9.10. The predicted molar refractivity (Wildman–Crippen MR) is 127 cm³/mol. The molecule has 0 aliphatic carbocycles. The second kappa shape index (κ2) is 9.75. The molecule has 0 fully saturated rings. The molecule has 0 unspecified atom stereocenters. The van der Waals surface area contributed by atoms with Gasteiger partial charge in [-0.05, 0) is 65.9 Å². The van der Waals surface area contributed by atoms with Gasteiger partial charge < -0.3 is 5.32 Å². The third-order valence-electron chi connectivity index (χ3n) is 4.73. The van der Waals surface area contributed by atoms with Gasteiger partial charge in [-0.1, -0.05) is 70.0 Å². The van der Waals surface area contributed by atoms with E-state index in [4.69, 9.17) is 11.6 Å². The number of carbonyl (C=O) groups excluding carboxylic acids is 1. The largest absolute Gasteiger partial charge is 0.321 e. The minimum Gasteiger partial charge on any atom is -0.321 e. The summed E-state index contributed by atoms with van der Waals surface area (Å²) in [4.78, 5) is 12.6. The first-order valence-corrected chi connectivity index (χ1v) is 10.6. The Morgan fingerprint density at radius 2 is 1.87 bits per heavy atom. The number of nitriles is 1. The van der Waals surface area contributed by atoms with Gasteiger partial charge in [-0.2, -0.15) is 5.26 Å². The molecular weight excluding hydrogens is 460 g/mol. The van der Waals surface area contributed by atoms with Crippen LogP contribution in [0.1, 0.15) is 27.8 Å². The Morgan fingerprint density at radius 1 is 1.10 bits per heavy atom. The molecule has 5 heteroatoms. The maximum Gasteiger partial charge on any atom is 0.266 e. The fraction of sp³-hybridized carbons (Fsp3) is 0.120. The number of nitrogens with one attached hydrogen (secondary N) is 1. The van der Waals surface area contributed by atoms with Gasteiger partial charge in [-0.15, -0.1) is 0 Å². The highest BCUT2D eigenvalue weighted by atomic mass is 79.9. The predicted octanol–water partition coefficient (Wildman–Crippen LogP) is 6.86. The quantitative estimate of drug-likeness (QED) is 0.321. The minimum absolute atomic E-state index is 0.0190. The van der Waals surface area contributed by atoms with Crippen LogP contribution in [-0.2, 0) is 11.2 Å². The number of halogens is 2. The number of carbonyl (C=O) groups is 1. The van der Waals surface area contributed by atoms with Crippen molar-refractivity contribution in [2.45, 2.75) is 20.3 Å². The lowest BCUT2D eigenvalue weighted by molar-refractivity contribution is -0.112. The summed E-state index contributed by atoms with van der Waals surface area (Å²) in [6.45, 7) is 3.86. The molecule has 0 aliphatic heterocycles. The molecule has 3 nitrogen and oxygen atoms in total. The first-order chi connectivity index (χ1) is 14.4. The summed E-state index contributed by atoms with van der Waals surface area (Å²) in [5.41, 5.74) is 5.49. The van der Waals surface area contributed by atoms with Gasteiger partial charge in [-0.25, -0.2) is 0 Å². The van der Waals surface area contributed by atoms with Crippen LogP contribution in [0.5, 0.6) is 0 Å². The zero-order valence-electron chi connectivity index (χ0n) is 16.7. The van der Waals surface area contributed by atoms with E-state index in [0.29, 0.717) is 22.7 Å². The second-order valence-corrected chi connectivity index (χ2v) is 8.32. The van der Waals surface area contributed by atoms with Crippen LogP contribution >= 0.6 is 27.5 Å². The maximum atomic E-state index is 12.6. The van der Waals surface area contributed by atoms with Crippen molar-refractivity contribution in [3.8, 4) is 6.07 Å². The van der Waals surface area contributed by atoms with Crippen molar-refractivity contribution in [2.24, 2.45) is 0 Å². The third-order valence-corrected chi connectivity index (χ3v) is 5.86. The van der Waals surface area contributed by atoms with Crippen LogP contribution in [-0.4, -0.2) is 5.91 Å². The normalized spacial score (nSPS) is 11.1. The molecule has 3 aromatic rings. The summed E-state index contributed by atoms with van der Waals surface area (Å²) >= 11 is 10.0. The Balaban J connectivity index is 1.81. The molecule has 3 aromatic carbocycles. The Morgan fingerprint density at radius 3 is 2.57 bits per heavy atom. The summed E-state index contributed by atoms with van der Waals surface area (Å²) in [5.74, 6) is -0.445. The van der Waals surface area contributed by atoms with Gasteiger partial charge >= 0.3 is 0 Å². The standard InChI is InChI=1S/C25H20BrClN2O/c1-16-7-8-17(2)24(11-16)29-25(30)21(15-28)12-18-9-10-20(23(27)13-18)14-19-5-3-4-6-22(19)26/h3-13H,14H2,1-2H3,(H,29,30)/b21-12+. The average molecular weight is 480 g/mol. The van der Waals surface area contributed by atoms with Crippen LogP contribution in [0.2, 0.25) is 5.02 Å². The fourth-order valence-corrected chi connectivity index (χ4v) is 3.70. The van der Waals surface area contributed by atoms with Crippen LogP contribution in [0.25, 0.3) is 6.08 Å². The number of nitrogens with zero attached hydrogens (tertiary/aromatic N) is 1. The van der Waals surface area contributed by atoms with Crippen molar-refractivity contribution >= 4 is 45.2 Å². The van der Waals surface area contributed by atoms with Gasteiger partial charge in [0.05, 0.1) is 0 Å². The summed E-state index contributed by atoms with van der Waals surface area (Å²) in [6.07, 6.45) is 2.23. The smallest absolute Gasteiger partial charge is 0.266 e. The van der Waals surface area contributed by atoms with Gasteiger partial charge in [0.15, 0.2) is 0 Å². The van der Waals surface area contributed by atoms with Crippen LogP contribution in [0.15, 0.2) is 70.7 Å². The number of anilines is 1. The van der Waals surface area contributed by atoms with Crippen molar-refractivity contribution in [1.82, 2.24) is 0 Å². The van der Waals surface area contributed by atoms with Crippen molar-refractivity contribution < 1.29 is 4.79 Å². The molecule has 0 aliphatic rings. The lowest BCUT2D eigenvalue weighted by Crippen LogP contribution is -2.14. The monoisotopic (exact) mass is 478 g/mol. The summed E-state index contributed by atoms with van der Waals surface area (Å²) in [7, 11) is 0. The zero-order chi connectivity index (χ0) is 21.7. The Bertz CT molecular complexity index is 1180. The van der Waals surface area contributed by atoms with E-state index < -0.39 is 5.91 Å². The number of amides is 1. The van der Waals surface area contributed by atoms with Crippen molar-refractivity contribution in [3.63, 3.8) is 0 Å². The van der Waals surface area contributed by atoms with Crippen LogP contribution in [0.4, 0.5) is 5.69 Å². The topological polar surface area (TPSA) is 52.9 Å². The molecule has 1 amide bonds. The minimum atomic E-state index is -0.445. The van der Waals surface area contributed by atoms with Crippen LogP contribution < -0.4 is 5.32 Å². The number of hydrogen-bond acceptors (Lipinski definition) is 2. The van der Waals surface area contributed by atoms with Crippen molar-refractivity contribution in [2.75, 3.05) is 5.32 Å². The molecule has 30 heavy (non-hydrogen) atoms. The Labute approximate surface area is 190 Å². The van der Waals surface area contributed by atoms with Crippen molar-refractivity contribution in [1.29, 1.82) is 5.26 Å². The van der Waals surface area contributed by atoms with Gasteiger partial charge in [0.1, 0.15) is 11.6 Å². The molecule has 0 aromatic heterocycles. The molecule has 0 spiro atoms. The molecule has 0 bridgehead atoms. The molecule has 0 heterocycles. The van der Waals surface area contributed by atoms with E-state index in [2.05, 4.69) is 21.2 Å². The van der Waals surface area contributed by atoms with E-state index in [0.717, 1.165) is 26.7 Å². The van der Waals surface area contributed by atoms with Gasteiger partial charge in [0, 0.05) is 21.6 Å². The summed E-state index contributed by atoms with van der Waals surface area (Å²) < 4.78 is 1.03. The van der Waals surface area contributed by atoms with Gasteiger partial charge in [-0.3, -0.25) is 4.79 Å². The summed E-state index contributed by atoms with van der Waals surface area (Å²) in [5, 5.41) is 12.9. The van der Waals surface area contributed by atoms with E-state index in [1.807, 2.05) is 74.5 Å². The van der Waals surface area contributed by atoms with E-state index in [1.165, 1.54) is 0 Å². The number of aryl methyl sites for hydroxylation is 2. The first kappa shape index (κ1) is 21.8. The number of rotatable bonds is 5. The Kier molecular flexibility index (Phi) is 7.10. The first-order valence-electron chi connectivity index (χ1n) is 9.39. The number of hydrogen-bond donors (Lipinski definition) is 1. The second-order valence-electron chi connectivity index (χ2n) is 7.06. The fourth-order valence-electron chi connectivity index (χ4n) is 3.02. The highest BCUT2D eigenvalue weighted by Crippen LogP contribution is 2.26. The summed E-state index contributed by atoms with van der Waals surface area (Å²) in [6, 6.07) is 21.3. The molecule has 0 saturated carbocycles. The van der Waals surface area contributed by atoms with Gasteiger partial charge in [0.2, 0.25) is 0 Å². The number of benzene rings is 3. The zero-order valence-corrected chi connectivity index (χ0v) is 19.0. The SMILES string of the molecule is Cc1ccc(C)c(NC(=O)/C(C#N)=C/c2ccc(Cc3ccccc3Br)c(Cl)c2)c1. The third kappa shape index (κ3) is 5.38. The lowest BCUT2D eigenvalue weighted by atomic mass is 10.0. The highest BCUT2D eigenvalue weighted by Gasteiger charge is 2.12. The molecule has 150 valence electrons. The van der Waals surface area contributed by atoms with E-state index >= 15 is 0 Å². The Hall–Kier alpha value is -2.87. The van der Waals surface area contributed by atoms with Crippen molar-refractivity contribution in [3.05, 3.63) is 104 Å². The molecule has 0 atom stereocenters. The van der Waals surface area contributed by atoms with Crippen LogP contribution in [0, 0.1) is 25.2 Å². The molecule has 0 radical (unpaired) electrons. The molecule has 3 rings (SSSR count). The molecular formula is C25H20BrClN2O.